The molecule has 2 fully saturated rings. The van der Waals surface area contributed by atoms with Crippen molar-refractivity contribution in [3.8, 4) is 0 Å². The number of nitrogens with zero attached hydrogens (tertiary/aromatic N) is 3. The maximum atomic E-state index is 13.7. The second-order valence-electron chi connectivity index (χ2n) is 7.97. The van der Waals surface area contributed by atoms with Gasteiger partial charge in [-0.15, -0.1) is 0 Å². The fourth-order valence-electron chi connectivity index (χ4n) is 3.80. The van der Waals surface area contributed by atoms with Crippen molar-refractivity contribution in [1.82, 2.24) is 20.4 Å². The van der Waals surface area contributed by atoms with Crippen molar-refractivity contribution in [2.75, 3.05) is 52.4 Å². The maximum absolute atomic E-state index is 13.7. The van der Waals surface area contributed by atoms with Crippen molar-refractivity contribution in [3.63, 3.8) is 0 Å². The summed E-state index contributed by atoms with van der Waals surface area (Å²) >= 11 is 0. The van der Waals surface area contributed by atoms with Gasteiger partial charge >= 0.3 is 0 Å². The summed E-state index contributed by atoms with van der Waals surface area (Å²) in [6, 6.07) is 3.51. The van der Waals surface area contributed by atoms with Gasteiger partial charge in [0.1, 0.15) is 11.6 Å². The number of halogens is 2. The standard InChI is InChI=1S/C22H33F2N5O/c1-2-25-22(26-9-8-18-16-19(23)6-7-20(18)24)27-10-11-28-12-14-29(15-13-28)21(30)17-4-3-5-17/h6-7,16-17H,2-5,8-15H2,1H3,(H2,25,26,27). The van der Waals surface area contributed by atoms with Gasteiger partial charge in [0.05, 0.1) is 6.54 Å². The van der Waals surface area contributed by atoms with E-state index in [1.165, 1.54) is 12.5 Å². The SMILES string of the molecule is CCNC(=NCCN1CCN(C(=O)C2CCC2)CC1)NCCc1cc(F)ccc1F. The van der Waals surface area contributed by atoms with Crippen molar-refractivity contribution in [2.24, 2.45) is 10.9 Å². The highest BCUT2D eigenvalue weighted by Gasteiger charge is 2.30. The van der Waals surface area contributed by atoms with Gasteiger partial charge in [-0.1, -0.05) is 6.42 Å². The van der Waals surface area contributed by atoms with E-state index in [2.05, 4.69) is 20.5 Å². The fraction of sp³-hybridized carbons (Fsp3) is 0.636. The molecule has 1 heterocycles. The molecule has 0 bridgehead atoms. The minimum Gasteiger partial charge on any atom is -0.357 e. The van der Waals surface area contributed by atoms with Crippen LogP contribution in [0.3, 0.4) is 0 Å². The second-order valence-corrected chi connectivity index (χ2v) is 7.97. The van der Waals surface area contributed by atoms with Crippen LogP contribution < -0.4 is 10.6 Å². The summed E-state index contributed by atoms with van der Waals surface area (Å²) in [5.74, 6) is 0.465. The number of rotatable bonds is 8. The number of piperazine rings is 1. The molecule has 6 nitrogen and oxygen atoms in total. The number of hydrogen-bond donors (Lipinski definition) is 2. The summed E-state index contributed by atoms with van der Waals surface area (Å²) in [7, 11) is 0. The van der Waals surface area contributed by atoms with Crippen molar-refractivity contribution in [1.29, 1.82) is 0 Å². The lowest BCUT2D eigenvalue weighted by atomic mass is 9.84. The lowest BCUT2D eigenvalue weighted by molar-refractivity contribution is -0.139. The van der Waals surface area contributed by atoms with Crippen LogP contribution in [0.4, 0.5) is 8.78 Å². The van der Waals surface area contributed by atoms with Crippen LogP contribution in [0.25, 0.3) is 0 Å². The third-order valence-corrected chi connectivity index (χ3v) is 5.86. The van der Waals surface area contributed by atoms with E-state index in [0.717, 1.165) is 64.2 Å². The zero-order valence-corrected chi connectivity index (χ0v) is 17.8. The number of aliphatic imine (C=N–C) groups is 1. The molecule has 30 heavy (non-hydrogen) atoms. The first-order chi connectivity index (χ1) is 14.6. The zero-order chi connectivity index (χ0) is 21.3. The predicted molar refractivity (Wildman–Crippen MR) is 114 cm³/mol. The normalized spacial score (nSPS) is 18.2. The summed E-state index contributed by atoms with van der Waals surface area (Å²) in [5.41, 5.74) is 0.354. The van der Waals surface area contributed by atoms with Crippen LogP contribution in [0.15, 0.2) is 23.2 Å². The number of nitrogens with one attached hydrogen (secondary N) is 2. The van der Waals surface area contributed by atoms with E-state index in [1.54, 1.807) is 0 Å². The van der Waals surface area contributed by atoms with Gasteiger partial charge < -0.3 is 15.5 Å². The largest absolute Gasteiger partial charge is 0.357 e. The Morgan fingerprint density at radius 1 is 1.17 bits per heavy atom. The lowest BCUT2D eigenvalue weighted by Crippen LogP contribution is -2.51. The van der Waals surface area contributed by atoms with E-state index in [9.17, 15) is 13.6 Å². The van der Waals surface area contributed by atoms with Gasteiger partial charge in [-0.3, -0.25) is 14.7 Å². The molecule has 1 saturated carbocycles. The Labute approximate surface area is 177 Å². The number of amides is 1. The highest BCUT2D eigenvalue weighted by Crippen LogP contribution is 2.28. The predicted octanol–water partition coefficient (Wildman–Crippen LogP) is 2.01. The minimum absolute atomic E-state index is 0.274. The Balaban J connectivity index is 1.38. The highest BCUT2D eigenvalue weighted by molar-refractivity contribution is 5.80. The Bertz CT molecular complexity index is 730. The molecule has 8 heteroatoms. The average molecular weight is 422 g/mol. The molecule has 0 radical (unpaired) electrons. The van der Waals surface area contributed by atoms with Gasteiger partial charge in [-0.2, -0.15) is 0 Å². The molecule has 2 N–H and O–H groups in total. The number of guanidine groups is 1. The first-order valence-electron chi connectivity index (χ1n) is 11.0. The smallest absolute Gasteiger partial charge is 0.225 e. The molecule has 0 aromatic heterocycles. The monoisotopic (exact) mass is 421 g/mol. The van der Waals surface area contributed by atoms with Crippen molar-refractivity contribution in [2.45, 2.75) is 32.6 Å². The Hall–Kier alpha value is -2.22. The van der Waals surface area contributed by atoms with Crippen LogP contribution in [0.1, 0.15) is 31.7 Å². The van der Waals surface area contributed by atoms with Crippen LogP contribution in [-0.4, -0.2) is 74.0 Å². The Morgan fingerprint density at radius 2 is 1.93 bits per heavy atom. The quantitative estimate of drug-likeness (QED) is 0.498. The van der Waals surface area contributed by atoms with Gasteiger partial charge in [-0.25, -0.2) is 8.78 Å². The molecule has 166 valence electrons. The number of hydrogen-bond acceptors (Lipinski definition) is 3. The zero-order valence-electron chi connectivity index (χ0n) is 17.8. The molecule has 2 aliphatic rings. The van der Waals surface area contributed by atoms with Crippen LogP contribution in [0.5, 0.6) is 0 Å². The van der Waals surface area contributed by atoms with Crippen LogP contribution in [0, 0.1) is 17.6 Å². The van der Waals surface area contributed by atoms with Crippen molar-refractivity contribution < 1.29 is 13.6 Å². The van der Waals surface area contributed by atoms with E-state index in [4.69, 9.17) is 0 Å². The first-order valence-corrected chi connectivity index (χ1v) is 11.0. The number of benzene rings is 1. The van der Waals surface area contributed by atoms with E-state index >= 15 is 0 Å². The van der Waals surface area contributed by atoms with Crippen LogP contribution in [0.2, 0.25) is 0 Å². The Morgan fingerprint density at radius 3 is 2.60 bits per heavy atom. The van der Waals surface area contributed by atoms with E-state index in [1.807, 2.05) is 11.8 Å². The summed E-state index contributed by atoms with van der Waals surface area (Å²) in [6.07, 6.45) is 3.68. The lowest BCUT2D eigenvalue weighted by Gasteiger charge is -2.38. The Kier molecular flexibility index (Phi) is 8.42. The number of carbonyl (C=O) groups is 1. The fourth-order valence-corrected chi connectivity index (χ4v) is 3.80. The molecule has 0 atom stereocenters. The summed E-state index contributed by atoms with van der Waals surface area (Å²) in [4.78, 5) is 21.3. The molecule has 1 aromatic carbocycles. The van der Waals surface area contributed by atoms with Gasteiger partial charge in [-0.05, 0) is 49.9 Å². The van der Waals surface area contributed by atoms with Gasteiger partial charge in [0.15, 0.2) is 5.96 Å². The summed E-state index contributed by atoms with van der Waals surface area (Å²) in [5, 5.41) is 6.36. The van der Waals surface area contributed by atoms with E-state index in [-0.39, 0.29) is 5.92 Å². The third kappa shape index (κ3) is 6.39. The molecule has 1 aliphatic carbocycles. The molecule has 1 aromatic rings. The average Bonchev–Trinajstić information content (AvgIpc) is 2.70. The van der Waals surface area contributed by atoms with Gasteiger partial charge in [0, 0.05) is 51.7 Å². The van der Waals surface area contributed by atoms with Gasteiger partial charge in [0.2, 0.25) is 5.91 Å². The first kappa shape index (κ1) is 22.5. The third-order valence-electron chi connectivity index (χ3n) is 5.86. The number of carbonyl (C=O) groups excluding carboxylic acids is 1. The van der Waals surface area contributed by atoms with Crippen molar-refractivity contribution in [3.05, 3.63) is 35.4 Å². The highest BCUT2D eigenvalue weighted by atomic mass is 19.1. The second kappa shape index (κ2) is 11.2. The topological polar surface area (TPSA) is 60.0 Å². The molecular weight excluding hydrogens is 388 g/mol. The van der Waals surface area contributed by atoms with E-state index < -0.39 is 11.6 Å². The maximum Gasteiger partial charge on any atom is 0.225 e. The summed E-state index contributed by atoms with van der Waals surface area (Å²) in [6.45, 7) is 8.03. The van der Waals surface area contributed by atoms with E-state index in [0.29, 0.717) is 36.9 Å². The molecule has 3 rings (SSSR count). The minimum atomic E-state index is -0.429. The van der Waals surface area contributed by atoms with Crippen LogP contribution >= 0.6 is 0 Å². The molecule has 0 unspecified atom stereocenters. The molecular formula is C22H33F2N5O. The molecule has 0 spiro atoms. The molecule has 1 amide bonds. The molecule has 1 saturated heterocycles. The molecule has 1 aliphatic heterocycles. The van der Waals surface area contributed by atoms with Crippen molar-refractivity contribution >= 4 is 11.9 Å². The van der Waals surface area contributed by atoms with Crippen LogP contribution in [-0.2, 0) is 11.2 Å². The summed E-state index contributed by atoms with van der Waals surface area (Å²) < 4.78 is 27.0. The van der Waals surface area contributed by atoms with Gasteiger partial charge in [0.25, 0.3) is 0 Å².